The summed E-state index contributed by atoms with van der Waals surface area (Å²) in [5.74, 6) is 0.625. The second kappa shape index (κ2) is 10.0. The van der Waals surface area contributed by atoms with E-state index in [0.29, 0.717) is 25.6 Å². The molecule has 164 valence electrons. The van der Waals surface area contributed by atoms with Crippen molar-refractivity contribution in [2.24, 2.45) is 0 Å². The van der Waals surface area contributed by atoms with Crippen LogP contribution in [0.3, 0.4) is 0 Å². The first-order valence-electron chi connectivity index (χ1n) is 10.9. The maximum atomic E-state index is 6.37. The van der Waals surface area contributed by atoms with Crippen LogP contribution in [0, 0.1) is 0 Å². The smallest absolute Gasteiger partial charge is 0.184 e. The van der Waals surface area contributed by atoms with Crippen molar-refractivity contribution < 1.29 is 23.7 Å². The molecule has 0 spiro atoms. The maximum Gasteiger partial charge on any atom is 0.184 e. The summed E-state index contributed by atoms with van der Waals surface area (Å²) >= 11 is 0. The molecule has 0 N–H and O–H groups in total. The van der Waals surface area contributed by atoms with E-state index in [0.717, 1.165) is 16.7 Å². The maximum absolute atomic E-state index is 6.37. The largest absolute Gasteiger partial charge is 0.489 e. The van der Waals surface area contributed by atoms with Crippen molar-refractivity contribution >= 4 is 0 Å². The zero-order chi connectivity index (χ0) is 21.6. The van der Waals surface area contributed by atoms with Crippen LogP contribution in [0.5, 0.6) is 0 Å². The van der Waals surface area contributed by atoms with Crippen molar-refractivity contribution in [3.8, 4) is 0 Å². The Labute approximate surface area is 188 Å². The molecule has 0 saturated carbocycles. The van der Waals surface area contributed by atoms with Crippen molar-refractivity contribution in [1.29, 1.82) is 0 Å². The summed E-state index contributed by atoms with van der Waals surface area (Å²) in [6, 6.07) is 30.1. The van der Waals surface area contributed by atoms with Crippen molar-refractivity contribution in [1.82, 2.24) is 0 Å². The highest BCUT2D eigenvalue weighted by Crippen LogP contribution is 2.35. The molecule has 2 aliphatic heterocycles. The third-order valence-electron chi connectivity index (χ3n) is 5.59. The van der Waals surface area contributed by atoms with E-state index in [1.807, 2.05) is 91.0 Å². The molecule has 32 heavy (non-hydrogen) atoms. The molecule has 0 unspecified atom stereocenters. The van der Waals surface area contributed by atoms with Gasteiger partial charge < -0.3 is 23.7 Å². The highest BCUT2D eigenvalue weighted by Gasteiger charge is 2.45. The van der Waals surface area contributed by atoms with Crippen molar-refractivity contribution in [3.05, 3.63) is 120 Å². The number of rotatable bonds is 7. The number of hydrogen-bond donors (Lipinski definition) is 0. The van der Waals surface area contributed by atoms with Gasteiger partial charge in [-0.3, -0.25) is 0 Å². The molecule has 1 fully saturated rings. The van der Waals surface area contributed by atoms with Gasteiger partial charge in [-0.05, 0) is 11.1 Å². The van der Waals surface area contributed by atoms with Crippen LogP contribution >= 0.6 is 0 Å². The first-order chi connectivity index (χ1) is 15.9. The quantitative estimate of drug-likeness (QED) is 0.519. The lowest BCUT2D eigenvalue weighted by atomic mass is 10.0. The van der Waals surface area contributed by atoms with Crippen LogP contribution in [0.4, 0.5) is 0 Å². The minimum atomic E-state index is -0.475. The Morgan fingerprint density at radius 2 is 1.38 bits per heavy atom. The van der Waals surface area contributed by atoms with Crippen LogP contribution in [0.25, 0.3) is 0 Å². The zero-order valence-electron chi connectivity index (χ0n) is 17.7. The normalized spacial score (nSPS) is 24.7. The van der Waals surface area contributed by atoms with Crippen LogP contribution in [-0.4, -0.2) is 24.9 Å². The lowest BCUT2D eigenvalue weighted by molar-refractivity contribution is -0.288. The van der Waals surface area contributed by atoms with Crippen molar-refractivity contribution in [3.63, 3.8) is 0 Å². The Hall–Kier alpha value is -3.12. The van der Waals surface area contributed by atoms with Gasteiger partial charge in [-0.1, -0.05) is 91.0 Å². The Balaban J connectivity index is 1.35. The van der Waals surface area contributed by atoms with Crippen molar-refractivity contribution in [2.45, 2.75) is 37.8 Å². The molecule has 0 bridgehead atoms. The van der Waals surface area contributed by atoms with Gasteiger partial charge in [0, 0.05) is 5.56 Å². The van der Waals surface area contributed by atoms with E-state index >= 15 is 0 Å². The summed E-state index contributed by atoms with van der Waals surface area (Å²) in [6.07, 6.45) is 0.147. The van der Waals surface area contributed by atoms with Gasteiger partial charge >= 0.3 is 0 Å². The van der Waals surface area contributed by atoms with E-state index in [1.165, 1.54) is 0 Å². The zero-order valence-corrected chi connectivity index (χ0v) is 17.7. The Bertz CT molecular complexity index is 1010. The number of ether oxygens (including phenoxy) is 5. The molecule has 5 rings (SSSR count). The molecule has 5 nitrogen and oxygen atoms in total. The van der Waals surface area contributed by atoms with Gasteiger partial charge in [-0.15, -0.1) is 0 Å². The number of hydrogen-bond acceptors (Lipinski definition) is 5. The third-order valence-corrected chi connectivity index (χ3v) is 5.59. The fourth-order valence-electron chi connectivity index (χ4n) is 3.89. The molecule has 1 saturated heterocycles. The van der Waals surface area contributed by atoms with Crippen LogP contribution < -0.4 is 0 Å². The molecule has 4 atom stereocenters. The van der Waals surface area contributed by atoms with Gasteiger partial charge in [0.2, 0.25) is 0 Å². The molecule has 3 aromatic carbocycles. The molecule has 0 aliphatic carbocycles. The van der Waals surface area contributed by atoms with Gasteiger partial charge in [0.1, 0.15) is 25.1 Å². The van der Waals surface area contributed by atoms with E-state index < -0.39 is 12.4 Å². The van der Waals surface area contributed by atoms with Crippen LogP contribution in [0.2, 0.25) is 0 Å². The van der Waals surface area contributed by atoms with Crippen LogP contribution in [-0.2, 0) is 36.9 Å². The Kier molecular flexibility index (Phi) is 6.49. The van der Waals surface area contributed by atoms with Crippen LogP contribution in [0.15, 0.2) is 103 Å². The molecule has 3 aromatic rings. The monoisotopic (exact) mass is 430 g/mol. The summed E-state index contributed by atoms with van der Waals surface area (Å²) in [4.78, 5) is 0. The average molecular weight is 431 g/mol. The fraction of sp³-hybridized carbons (Fsp3) is 0.259. The molecular formula is C27H26O5. The molecule has 2 aliphatic rings. The summed E-state index contributed by atoms with van der Waals surface area (Å²) in [6.45, 7) is 1.29. The standard InChI is InChI=1S/C27H26O5/c1-4-10-20(11-5-1)16-28-23-18-29-24-19-31-27(22-14-8-3-9-15-22)32-26(24)25(23)30-17-21-12-6-2-7-13-21/h1-15,18,24-27H,16-17,19H2/t24-,25-,26-,27-/m1/s1. The van der Waals surface area contributed by atoms with Gasteiger partial charge in [-0.2, -0.15) is 0 Å². The molecule has 0 aromatic heterocycles. The minimum absolute atomic E-state index is 0.264. The van der Waals surface area contributed by atoms with E-state index in [-0.39, 0.29) is 12.2 Å². The predicted molar refractivity (Wildman–Crippen MR) is 119 cm³/mol. The average Bonchev–Trinajstić information content (AvgIpc) is 2.88. The predicted octanol–water partition coefficient (Wildman–Crippen LogP) is 5.14. The van der Waals surface area contributed by atoms with Gasteiger partial charge in [-0.25, -0.2) is 0 Å². The summed E-state index contributed by atoms with van der Waals surface area (Å²) in [5.41, 5.74) is 3.13. The topological polar surface area (TPSA) is 46.2 Å². The highest BCUT2D eigenvalue weighted by atomic mass is 16.7. The first kappa shape index (κ1) is 20.8. The second-order valence-electron chi connectivity index (χ2n) is 7.86. The molecule has 0 amide bonds. The van der Waals surface area contributed by atoms with Crippen molar-refractivity contribution in [2.75, 3.05) is 6.61 Å². The number of benzene rings is 3. The fourth-order valence-corrected chi connectivity index (χ4v) is 3.89. The van der Waals surface area contributed by atoms with E-state index in [2.05, 4.69) is 0 Å². The third kappa shape index (κ3) is 4.86. The molecule has 0 radical (unpaired) electrons. The summed E-state index contributed by atoms with van der Waals surface area (Å²) < 4.78 is 30.8. The lowest BCUT2D eigenvalue weighted by Gasteiger charge is -2.42. The lowest BCUT2D eigenvalue weighted by Crippen LogP contribution is -2.52. The first-order valence-corrected chi connectivity index (χ1v) is 10.9. The second-order valence-corrected chi connectivity index (χ2v) is 7.86. The highest BCUT2D eigenvalue weighted by molar-refractivity contribution is 5.19. The van der Waals surface area contributed by atoms with Crippen LogP contribution in [0.1, 0.15) is 23.0 Å². The van der Waals surface area contributed by atoms with Gasteiger partial charge in [0.25, 0.3) is 0 Å². The minimum Gasteiger partial charge on any atom is -0.489 e. The van der Waals surface area contributed by atoms with Gasteiger partial charge in [0.05, 0.1) is 13.2 Å². The molecule has 2 heterocycles. The Morgan fingerprint density at radius 3 is 2.06 bits per heavy atom. The van der Waals surface area contributed by atoms with Gasteiger partial charge in [0.15, 0.2) is 18.2 Å². The summed E-state index contributed by atoms with van der Waals surface area (Å²) in [5, 5.41) is 0. The Morgan fingerprint density at radius 1 is 0.750 bits per heavy atom. The van der Waals surface area contributed by atoms with E-state index in [1.54, 1.807) is 6.26 Å². The SMILES string of the molecule is C1=C(OCc2ccccc2)[C@@H](OCc2ccccc2)[C@@H]2O[C@H](c3ccccc3)OC[C@H]2O1. The molecule has 5 heteroatoms. The van der Waals surface area contributed by atoms with E-state index in [9.17, 15) is 0 Å². The molecular weight excluding hydrogens is 404 g/mol. The number of fused-ring (bicyclic) bond motifs is 1. The summed E-state index contributed by atoms with van der Waals surface area (Å²) in [7, 11) is 0. The van der Waals surface area contributed by atoms with E-state index in [4.69, 9.17) is 23.7 Å².